The second kappa shape index (κ2) is 4.55. The monoisotopic (exact) mass is 279 g/mol. The van der Waals surface area contributed by atoms with Crippen LogP contribution in [0.15, 0.2) is 5.16 Å². The van der Waals surface area contributed by atoms with Gasteiger partial charge >= 0.3 is 6.18 Å². The summed E-state index contributed by atoms with van der Waals surface area (Å²) in [5, 5.41) is 4.56. The molecule has 6 nitrogen and oxygen atoms in total. The summed E-state index contributed by atoms with van der Waals surface area (Å²) in [7, 11) is 0.790. The van der Waals surface area contributed by atoms with E-state index in [-0.39, 0.29) is 5.82 Å². The molecule has 0 aliphatic heterocycles. The van der Waals surface area contributed by atoms with Crippen molar-refractivity contribution in [1.29, 1.82) is 0 Å². The van der Waals surface area contributed by atoms with Gasteiger partial charge in [-0.15, -0.1) is 5.10 Å². The number of hydrogen-bond donors (Lipinski definition) is 1. The molecule has 11 heteroatoms. The predicted octanol–water partition coefficient (Wildman–Crippen LogP) is 0.811. The van der Waals surface area contributed by atoms with Crippen molar-refractivity contribution in [3.63, 3.8) is 0 Å². The van der Waals surface area contributed by atoms with E-state index in [0.29, 0.717) is 0 Å². The number of rotatable bonds is 4. The molecular weight excluding hydrogens is 275 g/mol. The van der Waals surface area contributed by atoms with Gasteiger partial charge in [-0.2, -0.15) is 18.2 Å². The van der Waals surface area contributed by atoms with E-state index in [9.17, 15) is 21.6 Å². The highest BCUT2D eigenvalue weighted by molar-refractivity contribution is 8.13. The molecule has 1 rings (SSSR count). The Kier molecular flexibility index (Phi) is 3.76. The van der Waals surface area contributed by atoms with Crippen LogP contribution in [0.5, 0.6) is 0 Å². The summed E-state index contributed by atoms with van der Waals surface area (Å²) < 4.78 is 60.6. The summed E-state index contributed by atoms with van der Waals surface area (Å²) in [6.07, 6.45) is -4.46. The lowest BCUT2D eigenvalue weighted by Crippen LogP contribution is -2.17. The molecule has 0 spiro atoms. The van der Waals surface area contributed by atoms with Crippen LogP contribution in [0.4, 0.5) is 13.2 Å². The number of H-pyrrole nitrogens is 1. The van der Waals surface area contributed by atoms with Gasteiger partial charge in [-0.3, -0.25) is 5.10 Å². The first-order valence-corrected chi connectivity index (χ1v) is 6.00. The smallest absolute Gasteiger partial charge is 0.364 e. The largest absolute Gasteiger partial charge is 0.411 e. The minimum absolute atomic E-state index is 0.163. The molecule has 0 aromatic carbocycles. The van der Waals surface area contributed by atoms with E-state index in [2.05, 4.69) is 19.9 Å². The molecule has 1 aromatic heterocycles. The molecule has 0 fully saturated rings. The normalized spacial score (nSPS) is 13.0. The molecule has 0 saturated heterocycles. The van der Waals surface area contributed by atoms with Crippen LogP contribution in [0, 0.1) is 0 Å². The van der Waals surface area contributed by atoms with Crippen LogP contribution in [0.25, 0.3) is 0 Å². The Bertz CT molecular complexity index is 457. The van der Waals surface area contributed by atoms with Gasteiger partial charge in [0.05, 0.1) is 0 Å². The van der Waals surface area contributed by atoms with E-state index < -0.39 is 33.6 Å². The minimum Gasteiger partial charge on any atom is -0.364 e. The molecule has 0 saturated carbocycles. The Morgan fingerprint density at radius 2 is 2.06 bits per heavy atom. The number of hydrogen-bond acceptors (Lipinski definition) is 5. The molecule has 0 unspecified atom stereocenters. The molecule has 16 heavy (non-hydrogen) atoms. The van der Waals surface area contributed by atoms with E-state index in [1.54, 1.807) is 0 Å². The lowest BCUT2D eigenvalue weighted by Gasteiger charge is -2.05. The fourth-order valence-electron chi connectivity index (χ4n) is 0.715. The van der Waals surface area contributed by atoms with Crippen LogP contribution in [-0.2, 0) is 20.4 Å². The van der Waals surface area contributed by atoms with Gasteiger partial charge in [0.1, 0.15) is 13.2 Å². The second-order valence-electron chi connectivity index (χ2n) is 2.61. The van der Waals surface area contributed by atoms with Crippen molar-refractivity contribution in [3.05, 3.63) is 5.82 Å². The van der Waals surface area contributed by atoms with Crippen LogP contribution in [-0.4, -0.2) is 36.4 Å². The van der Waals surface area contributed by atoms with E-state index in [1.165, 1.54) is 0 Å². The fraction of sp³-hybridized carbons (Fsp3) is 0.600. The molecule has 1 heterocycles. The summed E-state index contributed by atoms with van der Waals surface area (Å²) >= 11 is 0. The zero-order chi connectivity index (χ0) is 12.4. The Labute approximate surface area is 92.2 Å². The maximum absolute atomic E-state index is 11.7. The minimum atomic E-state index is -4.46. The fourth-order valence-corrected chi connectivity index (χ4v) is 1.30. The van der Waals surface area contributed by atoms with Crippen LogP contribution >= 0.6 is 10.7 Å². The van der Waals surface area contributed by atoms with Crippen molar-refractivity contribution < 1.29 is 26.3 Å². The average molecular weight is 280 g/mol. The summed E-state index contributed by atoms with van der Waals surface area (Å²) in [4.78, 5) is 3.32. The third kappa shape index (κ3) is 4.33. The highest BCUT2D eigenvalue weighted by Gasteiger charge is 2.27. The Hall–Kier alpha value is -0.870. The van der Waals surface area contributed by atoms with E-state index in [1.807, 2.05) is 0 Å². The molecule has 1 aromatic rings. The molecular formula is C5H5ClF3N3O3S. The maximum atomic E-state index is 11.7. The molecule has 1 N–H and O–H groups in total. The summed E-state index contributed by atoms with van der Waals surface area (Å²) in [5.74, 6) is -0.163. The van der Waals surface area contributed by atoms with E-state index >= 15 is 0 Å². The van der Waals surface area contributed by atoms with Crippen molar-refractivity contribution in [2.75, 3.05) is 6.61 Å². The average Bonchev–Trinajstić information content (AvgIpc) is 2.49. The lowest BCUT2D eigenvalue weighted by molar-refractivity contribution is -0.177. The summed E-state index contributed by atoms with van der Waals surface area (Å²) in [6, 6.07) is 0. The second-order valence-corrected chi connectivity index (χ2v) is 5.07. The zero-order valence-electron chi connectivity index (χ0n) is 7.45. The third-order valence-electron chi connectivity index (χ3n) is 1.23. The molecule has 0 atom stereocenters. The molecule has 0 bridgehead atoms. The SMILES string of the molecule is O=S(=O)(Cl)c1n[nH]c(COCC(F)(F)F)n1. The van der Waals surface area contributed by atoms with Gasteiger partial charge in [-0.05, 0) is 0 Å². The van der Waals surface area contributed by atoms with Crippen molar-refractivity contribution >= 4 is 19.7 Å². The van der Waals surface area contributed by atoms with E-state index in [4.69, 9.17) is 10.7 Å². The lowest BCUT2D eigenvalue weighted by atomic mass is 10.6. The zero-order valence-corrected chi connectivity index (χ0v) is 9.03. The summed E-state index contributed by atoms with van der Waals surface area (Å²) in [5.41, 5.74) is 0. The number of nitrogens with one attached hydrogen (secondary N) is 1. The summed E-state index contributed by atoms with van der Waals surface area (Å²) in [6.45, 7) is -2.00. The number of alkyl halides is 3. The topological polar surface area (TPSA) is 84.9 Å². The van der Waals surface area contributed by atoms with Gasteiger partial charge in [0.15, 0.2) is 5.82 Å². The van der Waals surface area contributed by atoms with Crippen molar-refractivity contribution in [1.82, 2.24) is 15.2 Å². The maximum Gasteiger partial charge on any atom is 0.411 e. The van der Waals surface area contributed by atoms with Crippen LogP contribution in [0.3, 0.4) is 0 Å². The third-order valence-corrected chi connectivity index (χ3v) is 2.27. The highest BCUT2D eigenvalue weighted by Crippen LogP contribution is 2.15. The van der Waals surface area contributed by atoms with Gasteiger partial charge < -0.3 is 4.74 Å². The van der Waals surface area contributed by atoms with Crippen LogP contribution in [0.1, 0.15) is 5.82 Å². The molecule has 0 radical (unpaired) electrons. The number of ether oxygens (including phenoxy) is 1. The Balaban J connectivity index is 2.54. The van der Waals surface area contributed by atoms with Gasteiger partial charge in [-0.1, -0.05) is 0 Å². The quantitative estimate of drug-likeness (QED) is 0.825. The van der Waals surface area contributed by atoms with Gasteiger partial charge in [0.2, 0.25) is 0 Å². The van der Waals surface area contributed by atoms with Crippen LogP contribution in [0.2, 0.25) is 0 Å². The first-order chi connectivity index (χ1) is 7.18. The first-order valence-electron chi connectivity index (χ1n) is 3.69. The van der Waals surface area contributed by atoms with Crippen molar-refractivity contribution in [2.45, 2.75) is 17.9 Å². The first kappa shape index (κ1) is 13.2. The number of aromatic nitrogens is 3. The standard InChI is InChI=1S/C5H5ClF3N3O3S/c6-16(13,14)4-10-3(11-12-4)1-15-2-5(7,8)9/h1-2H2,(H,10,11,12). The number of halogens is 4. The number of aromatic amines is 1. The predicted molar refractivity (Wildman–Crippen MR) is 45.1 cm³/mol. The van der Waals surface area contributed by atoms with Crippen molar-refractivity contribution in [2.24, 2.45) is 0 Å². The molecule has 0 aliphatic carbocycles. The van der Waals surface area contributed by atoms with Crippen LogP contribution < -0.4 is 0 Å². The molecule has 0 aliphatic rings. The Morgan fingerprint density at radius 3 is 2.50 bits per heavy atom. The van der Waals surface area contributed by atoms with E-state index in [0.717, 1.165) is 0 Å². The van der Waals surface area contributed by atoms with Crippen molar-refractivity contribution in [3.8, 4) is 0 Å². The molecule has 92 valence electrons. The van der Waals surface area contributed by atoms with Gasteiger partial charge in [-0.25, -0.2) is 8.42 Å². The number of nitrogens with zero attached hydrogens (tertiary/aromatic N) is 2. The molecule has 0 amide bonds. The van der Waals surface area contributed by atoms with Gasteiger partial charge in [0.25, 0.3) is 14.2 Å². The highest BCUT2D eigenvalue weighted by atomic mass is 35.7. The Morgan fingerprint density at radius 1 is 1.44 bits per heavy atom. The van der Waals surface area contributed by atoms with Gasteiger partial charge in [0, 0.05) is 10.7 Å².